The van der Waals surface area contributed by atoms with Gasteiger partial charge in [0, 0.05) is 31.3 Å². The van der Waals surface area contributed by atoms with Crippen LogP contribution in [0, 0.1) is 17.0 Å². The molecule has 1 aliphatic rings. The van der Waals surface area contributed by atoms with Crippen LogP contribution in [0.1, 0.15) is 16.2 Å². The molecule has 0 spiro atoms. The molecule has 1 N–H and O–H groups in total. The molecule has 1 saturated heterocycles. The SMILES string of the molecule is Cc1nc(OCCNC(=O)c2cc([N+](=O)[O-])ccc2Cl)cc(N2CCOCC2)n1. The molecule has 29 heavy (non-hydrogen) atoms. The van der Waals surface area contributed by atoms with Crippen molar-refractivity contribution in [3.8, 4) is 5.88 Å². The van der Waals surface area contributed by atoms with Gasteiger partial charge in [0.25, 0.3) is 11.6 Å². The maximum atomic E-state index is 12.2. The lowest BCUT2D eigenvalue weighted by Crippen LogP contribution is -2.37. The quantitative estimate of drug-likeness (QED) is 0.409. The predicted octanol–water partition coefficient (Wildman–Crippen LogP) is 1.99. The Balaban J connectivity index is 1.55. The van der Waals surface area contributed by atoms with Crippen molar-refractivity contribution in [2.45, 2.75) is 6.92 Å². The van der Waals surface area contributed by atoms with Gasteiger partial charge in [-0.3, -0.25) is 14.9 Å². The Morgan fingerprint density at radius 2 is 2.10 bits per heavy atom. The van der Waals surface area contributed by atoms with E-state index in [2.05, 4.69) is 20.2 Å². The Hall–Kier alpha value is -2.98. The van der Waals surface area contributed by atoms with E-state index >= 15 is 0 Å². The van der Waals surface area contributed by atoms with Gasteiger partial charge in [0.05, 0.1) is 35.3 Å². The van der Waals surface area contributed by atoms with Gasteiger partial charge >= 0.3 is 0 Å². The number of carbonyl (C=O) groups is 1. The summed E-state index contributed by atoms with van der Waals surface area (Å²) in [4.78, 5) is 33.3. The lowest BCUT2D eigenvalue weighted by Gasteiger charge is -2.28. The number of rotatable bonds is 7. The number of aryl methyl sites for hydroxylation is 1. The number of hydrogen-bond donors (Lipinski definition) is 1. The second-order valence-corrected chi connectivity index (χ2v) is 6.64. The van der Waals surface area contributed by atoms with Crippen LogP contribution in [0.15, 0.2) is 24.3 Å². The van der Waals surface area contributed by atoms with Gasteiger partial charge in [0.15, 0.2) is 0 Å². The molecule has 1 aromatic carbocycles. The van der Waals surface area contributed by atoms with E-state index in [4.69, 9.17) is 21.1 Å². The lowest BCUT2D eigenvalue weighted by molar-refractivity contribution is -0.384. The number of anilines is 1. The molecule has 154 valence electrons. The van der Waals surface area contributed by atoms with E-state index in [-0.39, 0.29) is 29.4 Å². The number of morpholine rings is 1. The molecule has 1 fully saturated rings. The Kier molecular flexibility index (Phi) is 6.78. The fourth-order valence-electron chi connectivity index (χ4n) is 2.77. The van der Waals surface area contributed by atoms with Crippen molar-refractivity contribution in [3.63, 3.8) is 0 Å². The van der Waals surface area contributed by atoms with Crippen LogP contribution in [0.25, 0.3) is 0 Å². The molecule has 0 unspecified atom stereocenters. The molecule has 0 aliphatic carbocycles. The highest BCUT2D eigenvalue weighted by Crippen LogP contribution is 2.22. The van der Waals surface area contributed by atoms with Gasteiger partial charge in [-0.15, -0.1) is 0 Å². The van der Waals surface area contributed by atoms with Crippen LogP contribution < -0.4 is 15.0 Å². The number of benzene rings is 1. The fraction of sp³-hybridized carbons (Fsp3) is 0.389. The number of nitro groups is 1. The molecule has 1 aliphatic heterocycles. The van der Waals surface area contributed by atoms with Gasteiger partial charge < -0.3 is 19.7 Å². The number of hydrogen-bond acceptors (Lipinski definition) is 8. The number of aromatic nitrogens is 2. The fourth-order valence-corrected chi connectivity index (χ4v) is 2.97. The first kappa shape index (κ1) is 20.7. The van der Waals surface area contributed by atoms with Crippen molar-refractivity contribution in [1.29, 1.82) is 0 Å². The molecule has 0 saturated carbocycles. The molecule has 11 heteroatoms. The van der Waals surface area contributed by atoms with E-state index in [0.717, 1.165) is 25.0 Å². The highest BCUT2D eigenvalue weighted by molar-refractivity contribution is 6.33. The minimum absolute atomic E-state index is 0.0355. The third-order valence-electron chi connectivity index (χ3n) is 4.18. The Morgan fingerprint density at radius 1 is 1.34 bits per heavy atom. The number of nitrogens with zero attached hydrogens (tertiary/aromatic N) is 4. The molecular formula is C18H20ClN5O5. The highest BCUT2D eigenvalue weighted by Gasteiger charge is 2.16. The van der Waals surface area contributed by atoms with Crippen LogP contribution in [0.4, 0.5) is 11.5 Å². The first-order chi connectivity index (χ1) is 13.9. The van der Waals surface area contributed by atoms with Crippen molar-refractivity contribution < 1.29 is 19.2 Å². The Morgan fingerprint density at radius 3 is 2.83 bits per heavy atom. The largest absolute Gasteiger partial charge is 0.476 e. The van der Waals surface area contributed by atoms with Crippen LogP contribution in [0.2, 0.25) is 5.02 Å². The summed E-state index contributed by atoms with van der Waals surface area (Å²) in [7, 11) is 0. The standard InChI is InChI=1S/C18H20ClN5O5/c1-12-21-16(23-5-8-28-9-6-23)11-17(22-12)29-7-4-20-18(25)14-10-13(24(26)27)2-3-15(14)19/h2-3,10-11H,4-9H2,1H3,(H,20,25). The monoisotopic (exact) mass is 421 g/mol. The zero-order valence-corrected chi connectivity index (χ0v) is 16.5. The lowest BCUT2D eigenvalue weighted by atomic mass is 10.2. The molecule has 3 rings (SSSR count). The molecule has 0 radical (unpaired) electrons. The second kappa shape index (κ2) is 9.48. The van der Waals surface area contributed by atoms with Gasteiger partial charge in [-0.1, -0.05) is 11.6 Å². The van der Waals surface area contributed by atoms with Crippen LogP contribution in [-0.2, 0) is 4.74 Å². The molecule has 0 bridgehead atoms. The summed E-state index contributed by atoms with van der Waals surface area (Å²) in [5, 5.41) is 13.6. The van der Waals surface area contributed by atoms with Crippen LogP contribution >= 0.6 is 11.6 Å². The Labute approximate surface area is 171 Å². The van der Waals surface area contributed by atoms with Crippen molar-refractivity contribution in [3.05, 3.63) is 50.8 Å². The maximum absolute atomic E-state index is 12.2. The second-order valence-electron chi connectivity index (χ2n) is 6.24. The minimum Gasteiger partial charge on any atom is -0.476 e. The summed E-state index contributed by atoms with van der Waals surface area (Å²) in [6, 6.07) is 5.45. The number of ether oxygens (including phenoxy) is 2. The van der Waals surface area contributed by atoms with Gasteiger partial charge in [-0.2, -0.15) is 4.98 Å². The van der Waals surface area contributed by atoms with Crippen LogP contribution in [-0.4, -0.2) is 60.3 Å². The van der Waals surface area contributed by atoms with Crippen LogP contribution in [0.3, 0.4) is 0 Å². The summed E-state index contributed by atoms with van der Waals surface area (Å²) >= 11 is 5.97. The molecule has 10 nitrogen and oxygen atoms in total. The highest BCUT2D eigenvalue weighted by atomic mass is 35.5. The number of non-ortho nitro benzene ring substituents is 1. The summed E-state index contributed by atoms with van der Waals surface area (Å²) in [6.07, 6.45) is 0. The number of amides is 1. The predicted molar refractivity (Wildman–Crippen MR) is 106 cm³/mol. The van der Waals surface area contributed by atoms with E-state index < -0.39 is 10.8 Å². The molecule has 2 heterocycles. The molecular weight excluding hydrogens is 402 g/mol. The van der Waals surface area contributed by atoms with E-state index in [0.29, 0.717) is 24.9 Å². The van der Waals surface area contributed by atoms with E-state index in [1.165, 1.54) is 12.1 Å². The average Bonchev–Trinajstić information content (AvgIpc) is 2.71. The number of nitro benzene ring substituents is 1. The van der Waals surface area contributed by atoms with Crippen LogP contribution in [0.5, 0.6) is 5.88 Å². The topological polar surface area (TPSA) is 120 Å². The van der Waals surface area contributed by atoms with E-state index in [1.54, 1.807) is 13.0 Å². The molecule has 2 aromatic rings. The molecule has 0 atom stereocenters. The van der Waals surface area contributed by atoms with Crippen molar-refractivity contribution >= 4 is 29.0 Å². The number of halogens is 1. The third-order valence-corrected chi connectivity index (χ3v) is 4.51. The summed E-state index contributed by atoms with van der Waals surface area (Å²) in [5.41, 5.74) is -0.170. The zero-order valence-electron chi connectivity index (χ0n) is 15.8. The minimum atomic E-state index is -0.584. The van der Waals surface area contributed by atoms with E-state index in [9.17, 15) is 14.9 Å². The van der Waals surface area contributed by atoms with Gasteiger partial charge in [-0.25, -0.2) is 4.98 Å². The van der Waals surface area contributed by atoms with Crippen molar-refractivity contribution in [1.82, 2.24) is 15.3 Å². The number of carbonyl (C=O) groups excluding carboxylic acids is 1. The third kappa shape index (κ3) is 5.52. The molecule has 1 aromatic heterocycles. The Bertz CT molecular complexity index is 904. The average molecular weight is 422 g/mol. The summed E-state index contributed by atoms with van der Waals surface area (Å²) in [6.45, 7) is 4.90. The normalized spacial score (nSPS) is 13.8. The smallest absolute Gasteiger partial charge is 0.270 e. The van der Waals surface area contributed by atoms with Gasteiger partial charge in [0.2, 0.25) is 5.88 Å². The molecule has 1 amide bonds. The zero-order chi connectivity index (χ0) is 20.8. The summed E-state index contributed by atoms with van der Waals surface area (Å²) < 4.78 is 11.0. The summed E-state index contributed by atoms with van der Waals surface area (Å²) in [5.74, 6) is 1.23. The van der Waals surface area contributed by atoms with E-state index in [1.807, 2.05) is 0 Å². The maximum Gasteiger partial charge on any atom is 0.270 e. The van der Waals surface area contributed by atoms with Crippen molar-refractivity contribution in [2.24, 2.45) is 0 Å². The first-order valence-corrected chi connectivity index (χ1v) is 9.35. The van der Waals surface area contributed by atoms with Crippen molar-refractivity contribution in [2.75, 3.05) is 44.4 Å². The van der Waals surface area contributed by atoms with Gasteiger partial charge in [-0.05, 0) is 13.0 Å². The first-order valence-electron chi connectivity index (χ1n) is 8.97. The van der Waals surface area contributed by atoms with Gasteiger partial charge in [0.1, 0.15) is 18.2 Å². The number of nitrogens with one attached hydrogen (secondary N) is 1.